The van der Waals surface area contributed by atoms with Crippen LogP contribution in [0.2, 0.25) is 5.02 Å². The Morgan fingerprint density at radius 3 is 2.50 bits per heavy atom. The summed E-state index contributed by atoms with van der Waals surface area (Å²) in [6.07, 6.45) is 2.69. The Balaban J connectivity index is 2.09. The lowest BCUT2D eigenvalue weighted by molar-refractivity contribution is -0.147. The molecule has 20 heavy (non-hydrogen) atoms. The molecular weight excluding hydrogens is 285 g/mol. The van der Waals surface area contributed by atoms with Crippen molar-refractivity contribution in [3.05, 3.63) is 29.0 Å². The van der Waals surface area contributed by atoms with E-state index in [1.807, 2.05) is 0 Å². The number of hydrogen-bond acceptors (Lipinski definition) is 2. The number of aliphatic carboxylic acids is 1. The number of carboxylic acids is 1. The predicted octanol–water partition coefficient (Wildman–Crippen LogP) is 3.31. The van der Waals surface area contributed by atoms with Gasteiger partial charge in [0.2, 0.25) is 5.91 Å². The Bertz CT molecular complexity index is 535. The summed E-state index contributed by atoms with van der Waals surface area (Å²) in [7, 11) is 0. The molecule has 4 nitrogen and oxygen atoms in total. The van der Waals surface area contributed by atoms with Gasteiger partial charge < -0.3 is 10.4 Å². The summed E-state index contributed by atoms with van der Waals surface area (Å²) in [6, 6.07) is 3.96. The number of amides is 1. The molecule has 0 aromatic heterocycles. The number of nitrogens with one attached hydrogen (secondary N) is 1. The molecule has 1 saturated carbocycles. The molecule has 1 aromatic rings. The van der Waals surface area contributed by atoms with E-state index in [1.165, 1.54) is 12.1 Å². The molecule has 1 aliphatic rings. The molecule has 0 saturated heterocycles. The van der Waals surface area contributed by atoms with Crippen molar-refractivity contribution in [2.75, 3.05) is 5.32 Å². The summed E-state index contributed by atoms with van der Waals surface area (Å²) in [6.45, 7) is 0. The Labute approximate surface area is 120 Å². The van der Waals surface area contributed by atoms with Gasteiger partial charge in [0.1, 0.15) is 5.82 Å². The van der Waals surface area contributed by atoms with E-state index < -0.39 is 23.6 Å². The van der Waals surface area contributed by atoms with Gasteiger partial charge in [0.05, 0.1) is 16.9 Å². The zero-order chi connectivity index (χ0) is 14.7. The molecule has 1 aliphatic carbocycles. The van der Waals surface area contributed by atoms with Crippen LogP contribution in [0.4, 0.5) is 10.1 Å². The van der Waals surface area contributed by atoms with Crippen LogP contribution in [-0.4, -0.2) is 17.0 Å². The maximum Gasteiger partial charge on any atom is 0.307 e. The molecule has 0 bridgehead atoms. The fraction of sp³-hybridized carbons (Fsp3) is 0.429. The predicted molar refractivity (Wildman–Crippen MR) is 73.1 cm³/mol. The van der Waals surface area contributed by atoms with E-state index in [0.717, 1.165) is 18.9 Å². The quantitative estimate of drug-likeness (QED) is 0.900. The van der Waals surface area contributed by atoms with Gasteiger partial charge in [0.25, 0.3) is 0 Å². The summed E-state index contributed by atoms with van der Waals surface area (Å²) < 4.78 is 13.3. The Morgan fingerprint density at radius 1 is 1.25 bits per heavy atom. The van der Waals surface area contributed by atoms with Gasteiger partial charge >= 0.3 is 5.97 Å². The van der Waals surface area contributed by atoms with Gasteiger partial charge in [-0.15, -0.1) is 0 Å². The summed E-state index contributed by atoms with van der Waals surface area (Å²) >= 11 is 5.57. The maximum atomic E-state index is 13.3. The minimum atomic E-state index is -0.952. The molecule has 0 radical (unpaired) electrons. The highest BCUT2D eigenvalue weighted by Gasteiger charge is 2.35. The fourth-order valence-corrected chi connectivity index (χ4v) is 2.67. The molecule has 2 rings (SSSR count). The number of hydrogen-bond donors (Lipinski definition) is 2. The number of carboxylic acid groups (broad SMARTS) is 1. The van der Waals surface area contributed by atoms with Crippen molar-refractivity contribution in [1.82, 2.24) is 0 Å². The number of halogens is 2. The van der Waals surface area contributed by atoms with E-state index in [1.54, 1.807) is 0 Å². The first-order valence-corrected chi connectivity index (χ1v) is 6.85. The van der Waals surface area contributed by atoms with Crippen molar-refractivity contribution in [2.24, 2.45) is 11.8 Å². The normalized spacial score (nSPS) is 22.3. The van der Waals surface area contributed by atoms with E-state index in [2.05, 4.69) is 5.32 Å². The molecule has 6 heteroatoms. The molecule has 2 N–H and O–H groups in total. The number of rotatable bonds is 3. The van der Waals surface area contributed by atoms with E-state index in [0.29, 0.717) is 12.8 Å². The standard InChI is InChI=1S/C14H15ClFNO3/c15-11-6-5-8(7-12(11)16)17-13(18)9-3-1-2-4-10(9)14(19)20/h5-7,9-10H,1-4H2,(H,17,18)(H,19,20). The summed E-state index contributed by atoms with van der Waals surface area (Å²) in [5, 5.41) is 11.7. The average molecular weight is 300 g/mol. The molecular formula is C14H15ClFNO3. The molecule has 1 fully saturated rings. The van der Waals surface area contributed by atoms with E-state index in [-0.39, 0.29) is 16.6 Å². The van der Waals surface area contributed by atoms with Crippen LogP contribution in [0.3, 0.4) is 0 Å². The number of carbonyl (C=O) groups excluding carboxylic acids is 1. The number of carbonyl (C=O) groups is 2. The Hall–Kier alpha value is -1.62. The van der Waals surface area contributed by atoms with Crippen LogP contribution in [0.1, 0.15) is 25.7 Å². The highest BCUT2D eigenvalue weighted by molar-refractivity contribution is 6.30. The van der Waals surface area contributed by atoms with Gasteiger partial charge in [-0.2, -0.15) is 0 Å². The fourth-order valence-electron chi connectivity index (χ4n) is 2.55. The van der Waals surface area contributed by atoms with Crippen LogP contribution < -0.4 is 5.32 Å². The summed E-state index contributed by atoms with van der Waals surface area (Å²) in [5.74, 6) is -3.19. The highest BCUT2D eigenvalue weighted by atomic mass is 35.5. The first-order chi connectivity index (χ1) is 9.49. The van der Waals surface area contributed by atoms with E-state index in [9.17, 15) is 14.0 Å². The smallest absolute Gasteiger partial charge is 0.307 e. The van der Waals surface area contributed by atoms with Crippen LogP contribution in [0, 0.1) is 17.7 Å². The zero-order valence-electron chi connectivity index (χ0n) is 10.7. The molecule has 108 valence electrons. The lowest BCUT2D eigenvalue weighted by atomic mass is 9.78. The highest BCUT2D eigenvalue weighted by Crippen LogP contribution is 2.31. The van der Waals surface area contributed by atoms with Crippen LogP contribution in [0.15, 0.2) is 18.2 Å². The largest absolute Gasteiger partial charge is 0.481 e. The van der Waals surface area contributed by atoms with Gasteiger partial charge in [-0.05, 0) is 31.0 Å². The third-order valence-electron chi connectivity index (χ3n) is 3.61. The molecule has 2 unspecified atom stereocenters. The van der Waals surface area contributed by atoms with E-state index >= 15 is 0 Å². The third-order valence-corrected chi connectivity index (χ3v) is 3.91. The van der Waals surface area contributed by atoms with Gasteiger partial charge in [-0.1, -0.05) is 24.4 Å². The van der Waals surface area contributed by atoms with Crippen molar-refractivity contribution in [2.45, 2.75) is 25.7 Å². The Morgan fingerprint density at radius 2 is 1.90 bits per heavy atom. The molecule has 2 atom stereocenters. The van der Waals surface area contributed by atoms with Crippen LogP contribution in [0.25, 0.3) is 0 Å². The number of anilines is 1. The van der Waals surface area contributed by atoms with Gasteiger partial charge in [0, 0.05) is 5.69 Å². The van der Waals surface area contributed by atoms with Crippen molar-refractivity contribution in [3.63, 3.8) is 0 Å². The second-order valence-electron chi connectivity index (χ2n) is 4.95. The van der Waals surface area contributed by atoms with Crippen LogP contribution in [0.5, 0.6) is 0 Å². The number of benzene rings is 1. The Kier molecular flexibility index (Phi) is 4.60. The van der Waals surface area contributed by atoms with Crippen molar-refractivity contribution < 1.29 is 19.1 Å². The average Bonchev–Trinajstić information content (AvgIpc) is 2.43. The van der Waals surface area contributed by atoms with E-state index in [4.69, 9.17) is 16.7 Å². The van der Waals surface area contributed by atoms with Crippen LogP contribution in [-0.2, 0) is 9.59 Å². The molecule has 1 aromatic carbocycles. The molecule has 0 spiro atoms. The monoisotopic (exact) mass is 299 g/mol. The first kappa shape index (κ1) is 14.8. The summed E-state index contributed by atoms with van der Waals surface area (Å²) in [5.41, 5.74) is 0.284. The van der Waals surface area contributed by atoms with Crippen LogP contribution >= 0.6 is 11.6 Å². The minimum absolute atomic E-state index is 0.0240. The SMILES string of the molecule is O=C(O)C1CCCCC1C(=O)Nc1ccc(Cl)c(F)c1. The van der Waals surface area contributed by atoms with Gasteiger partial charge in [-0.25, -0.2) is 4.39 Å². The third kappa shape index (κ3) is 3.28. The second kappa shape index (κ2) is 6.22. The van der Waals surface area contributed by atoms with Crippen molar-refractivity contribution >= 4 is 29.2 Å². The second-order valence-corrected chi connectivity index (χ2v) is 5.36. The van der Waals surface area contributed by atoms with Gasteiger partial charge in [0.15, 0.2) is 0 Å². The minimum Gasteiger partial charge on any atom is -0.481 e. The summed E-state index contributed by atoms with van der Waals surface area (Å²) in [4.78, 5) is 23.3. The zero-order valence-corrected chi connectivity index (χ0v) is 11.5. The molecule has 0 heterocycles. The lowest BCUT2D eigenvalue weighted by Gasteiger charge is -2.27. The topological polar surface area (TPSA) is 66.4 Å². The lowest BCUT2D eigenvalue weighted by Crippen LogP contribution is -2.36. The molecule has 1 amide bonds. The first-order valence-electron chi connectivity index (χ1n) is 6.48. The van der Waals surface area contributed by atoms with Gasteiger partial charge in [-0.3, -0.25) is 9.59 Å². The molecule has 0 aliphatic heterocycles. The van der Waals surface area contributed by atoms with Crippen molar-refractivity contribution in [3.8, 4) is 0 Å². The van der Waals surface area contributed by atoms with Crippen molar-refractivity contribution in [1.29, 1.82) is 0 Å². The maximum absolute atomic E-state index is 13.3.